The Labute approximate surface area is 160 Å². The third kappa shape index (κ3) is 4.04. The van der Waals surface area contributed by atoms with Crippen molar-refractivity contribution in [3.63, 3.8) is 0 Å². The van der Waals surface area contributed by atoms with Crippen LogP contribution in [0.25, 0.3) is 10.9 Å². The molecule has 0 saturated carbocycles. The maximum atomic E-state index is 12.4. The van der Waals surface area contributed by atoms with Crippen LogP contribution in [0.1, 0.15) is 32.8 Å². The van der Waals surface area contributed by atoms with E-state index in [1.54, 1.807) is 6.20 Å². The first kappa shape index (κ1) is 19.1. The zero-order chi connectivity index (χ0) is 19.6. The first-order valence-corrected chi connectivity index (χ1v) is 9.49. The van der Waals surface area contributed by atoms with E-state index in [9.17, 15) is 10.1 Å². The van der Waals surface area contributed by atoms with Gasteiger partial charge in [-0.15, -0.1) is 0 Å². The summed E-state index contributed by atoms with van der Waals surface area (Å²) in [7, 11) is 0. The standard InChI is InChI=1S/C21H27N5O/c1-13(2)19(23)21(27)25-16-9-14(3)11-26(12-16)18-7-6-15(10-22)20-17(18)5-4-8-24-20/h4-8,13-14,16,19H,9,11-12,23H2,1-3H3,(H,25,27)/t14-,16+,19?/m0/s1. The number of benzene rings is 1. The number of carbonyl (C=O) groups is 1. The summed E-state index contributed by atoms with van der Waals surface area (Å²) in [6, 6.07) is 9.48. The molecule has 1 unspecified atom stereocenters. The Morgan fingerprint density at radius 2 is 2.15 bits per heavy atom. The maximum absolute atomic E-state index is 12.4. The average molecular weight is 365 g/mol. The molecule has 3 rings (SSSR count). The summed E-state index contributed by atoms with van der Waals surface area (Å²) in [5.41, 5.74) is 8.35. The largest absolute Gasteiger partial charge is 0.369 e. The lowest BCUT2D eigenvalue weighted by Crippen LogP contribution is -2.54. The third-order valence-corrected chi connectivity index (χ3v) is 5.23. The Kier molecular flexibility index (Phi) is 5.62. The normalized spacial score (nSPS) is 21.1. The zero-order valence-electron chi connectivity index (χ0n) is 16.1. The highest BCUT2D eigenvalue weighted by molar-refractivity contribution is 5.95. The number of hydrogen-bond donors (Lipinski definition) is 2. The zero-order valence-corrected chi connectivity index (χ0v) is 16.1. The molecule has 2 aromatic rings. The smallest absolute Gasteiger partial charge is 0.237 e. The monoisotopic (exact) mass is 365 g/mol. The summed E-state index contributed by atoms with van der Waals surface area (Å²) in [6.07, 6.45) is 2.64. The molecule has 1 aromatic heterocycles. The summed E-state index contributed by atoms with van der Waals surface area (Å²) in [5.74, 6) is 0.452. The third-order valence-electron chi connectivity index (χ3n) is 5.23. The molecule has 1 aromatic carbocycles. The number of amides is 1. The maximum Gasteiger partial charge on any atom is 0.237 e. The van der Waals surface area contributed by atoms with E-state index in [-0.39, 0.29) is 17.9 Å². The number of fused-ring (bicyclic) bond motifs is 1. The van der Waals surface area contributed by atoms with E-state index >= 15 is 0 Å². The first-order chi connectivity index (χ1) is 12.9. The lowest BCUT2D eigenvalue weighted by atomic mass is 9.94. The highest BCUT2D eigenvalue weighted by Gasteiger charge is 2.29. The van der Waals surface area contributed by atoms with Crippen molar-refractivity contribution in [3.8, 4) is 6.07 Å². The minimum Gasteiger partial charge on any atom is -0.369 e. The second-order valence-electron chi connectivity index (χ2n) is 7.86. The fourth-order valence-electron chi connectivity index (χ4n) is 3.78. The van der Waals surface area contributed by atoms with Crippen LogP contribution in [-0.4, -0.2) is 36.1 Å². The predicted molar refractivity (Wildman–Crippen MR) is 107 cm³/mol. The van der Waals surface area contributed by atoms with Crippen LogP contribution in [0.4, 0.5) is 5.69 Å². The van der Waals surface area contributed by atoms with Gasteiger partial charge in [-0.2, -0.15) is 5.26 Å². The van der Waals surface area contributed by atoms with Crippen molar-refractivity contribution in [2.24, 2.45) is 17.6 Å². The van der Waals surface area contributed by atoms with Crippen molar-refractivity contribution < 1.29 is 4.79 Å². The molecule has 142 valence electrons. The predicted octanol–water partition coefficient (Wildman–Crippen LogP) is 2.42. The molecule has 0 bridgehead atoms. The van der Waals surface area contributed by atoms with E-state index in [1.807, 2.05) is 38.1 Å². The molecule has 0 radical (unpaired) electrons. The number of rotatable bonds is 4. The molecule has 0 spiro atoms. The van der Waals surface area contributed by atoms with Crippen LogP contribution in [-0.2, 0) is 4.79 Å². The fourth-order valence-corrected chi connectivity index (χ4v) is 3.78. The number of nitrogens with two attached hydrogens (primary N) is 1. The molecule has 6 nitrogen and oxygen atoms in total. The number of nitrogens with one attached hydrogen (secondary N) is 1. The number of nitrogens with zero attached hydrogens (tertiary/aromatic N) is 3. The van der Waals surface area contributed by atoms with Crippen LogP contribution in [0.15, 0.2) is 30.5 Å². The average Bonchev–Trinajstić information content (AvgIpc) is 2.65. The van der Waals surface area contributed by atoms with E-state index in [4.69, 9.17) is 5.73 Å². The molecule has 3 atom stereocenters. The molecule has 0 aliphatic carbocycles. The van der Waals surface area contributed by atoms with E-state index in [1.165, 1.54) is 0 Å². The van der Waals surface area contributed by atoms with Gasteiger partial charge in [-0.1, -0.05) is 20.8 Å². The minimum absolute atomic E-state index is 0.0495. The van der Waals surface area contributed by atoms with Gasteiger partial charge in [-0.05, 0) is 42.5 Å². The number of pyridine rings is 1. The molecular formula is C21H27N5O. The molecule has 1 aliphatic heterocycles. The first-order valence-electron chi connectivity index (χ1n) is 9.49. The second kappa shape index (κ2) is 7.93. The summed E-state index contributed by atoms with van der Waals surface area (Å²) >= 11 is 0. The minimum atomic E-state index is -0.490. The van der Waals surface area contributed by atoms with Gasteiger partial charge in [0.1, 0.15) is 6.07 Å². The van der Waals surface area contributed by atoms with E-state index < -0.39 is 6.04 Å². The van der Waals surface area contributed by atoms with Gasteiger partial charge in [0.05, 0.1) is 17.1 Å². The quantitative estimate of drug-likeness (QED) is 0.868. The SMILES string of the molecule is CC(C)C(N)C(=O)N[C@@H]1C[C@H](C)CN(c2ccc(C#N)c3ncccc23)C1. The van der Waals surface area contributed by atoms with Crippen molar-refractivity contribution in [3.05, 3.63) is 36.0 Å². The highest BCUT2D eigenvalue weighted by Crippen LogP contribution is 2.31. The Morgan fingerprint density at radius 3 is 2.85 bits per heavy atom. The van der Waals surface area contributed by atoms with Crippen molar-refractivity contribution in [1.29, 1.82) is 5.26 Å². The van der Waals surface area contributed by atoms with E-state index in [0.29, 0.717) is 11.5 Å². The molecule has 2 heterocycles. The topological polar surface area (TPSA) is 95.0 Å². The molecule has 6 heteroatoms. The Hall–Kier alpha value is -2.65. The van der Waals surface area contributed by atoms with Crippen LogP contribution < -0.4 is 16.0 Å². The van der Waals surface area contributed by atoms with Gasteiger partial charge in [0.15, 0.2) is 0 Å². The summed E-state index contributed by atoms with van der Waals surface area (Å²) < 4.78 is 0. The van der Waals surface area contributed by atoms with E-state index in [0.717, 1.165) is 36.1 Å². The molecular weight excluding hydrogens is 338 g/mol. The van der Waals surface area contributed by atoms with Crippen molar-refractivity contribution in [1.82, 2.24) is 10.3 Å². The van der Waals surface area contributed by atoms with E-state index in [2.05, 4.69) is 28.2 Å². The van der Waals surface area contributed by atoms with Crippen molar-refractivity contribution >= 4 is 22.5 Å². The molecule has 3 N–H and O–H groups in total. The molecule has 1 saturated heterocycles. The van der Waals surface area contributed by atoms with Gasteiger partial charge in [0.2, 0.25) is 5.91 Å². The Balaban J connectivity index is 1.86. The lowest BCUT2D eigenvalue weighted by molar-refractivity contribution is -0.124. The lowest BCUT2D eigenvalue weighted by Gasteiger charge is -2.39. The number of anilines is 1. The van der Waals surface area contributed by atoms with Crippen molar-refractivity contribution in [2.75, 3.05) is 18.0 Å². The highest BCUT2D eigenvalue weighted by atomic mass is 16.2. The molecule has 27 heavy (non-hydrogen) atoms. The van der Waals surface area contributed by atoms with Gasteiger partial charge in [-0.25, -0.2) is 0 Å². The van der Waals surface area contributed by atoms with Crippen LogP contribution >= 0.6 is 0 Å². The van der Waals surface area contributed by atoms with Crippen LogP contribution in [0.2, 0.25) is 0 Å². The number of nitriles is 1. The number of hydrogen-bond acceptors (Lipinski definition) is 5. The van der Waals surface area contributed by atoms with Crippen LogP contribution in [0.5, 0.6) is 0 Å². The van der Waals surface area contributed by atoms with Gasteiger partial charge >= 0.3 is 0 Å². The van der Waals surface area contributed by atoms with Gasteiger partial charge in [-0.3, -0.25) is 9.78 Å². The van der Waals surface area contributed by atoms with Gasteiger partial charge in [0.25, 0.3) is 0 Å². The Morgan fingerprint density at radius 1 is 1.37 bits per heavy atom. The molecule has 1 fully saturated rings. The van der Waals surface area contributed by atoms with Crippen LogP contribution in [0, 0.1) is 23.2 Å². The summed E-state index contributed by atoms with van der Waals surface area (Å²) in [4.78, 5) is 19.1. The summed E-state index contributed by atoms with van der Waals surface area (Å²) in [5, 5.41) is 13.4. The van der Waals surface area contributed by atoms with Gasteiger partial charge < -0.3 is 16.0 Å². The molecule has 1 amide bonds. The van der Waals surface area contributed by atoms with Crippen molar-refractivity contribution in [2.45, 2.75) is 39.3 Å². The van der Waals surface area contributed by atoms with Crippen LogP contribution in [0.3, 0.4) is 0 Å². The fraction of sp³-hybridized carbons (Fsp3) is 0.476. The van der Waals surface area contributed by atoms with Gasteiger partial charge in [0, 0.05) is 36.4 Å². The molecule has 1 aliphatic rings. The summed E-state index contributed by atoms with van der Waals surface area (Å²) in [6.45, 7) is 7.72. The number of carbonyl (C=O) groups excluding carboxylic acids is 1. The number of piperidine rings is 1. The Bertz CT molecular complexity index is 872. The number of aromatic nitrogens is 1. The second-order valence-corrected chi connectivity index (χ2v) is 7.86.